The maximum Gasteiger partial charge on any atom is 0.269 e. The normalized spacial score (nSPS) is 11.0. The van der Waals surface area contributed by atoms with E-state index in [4.69, 9.17) is 0 Å². The summed E-state index contributed by atoms with van der Waals surface area (Å²) in [4.78, 5) is 33.4. The monoisotopic (exact) mass is 614 g/mol. The molecule has 0 spiro atoms. The molecule has 0 radical (unpaired) electrons. The number of hydrogen-bond donors (Lipinski definition) is 1. The van der Waals surface area contributed by atoms with Crippen LogP contribution in [0.3, 0.4) is 0 Å². The third kappa shape index (κ3) is 6.07. The lowest BCUT2D eigenvalue weighted by atomic mass is 10.0. The van der Waals surface area contributed by atoms with Crippen LogP contribution in [0.15, 0.2) is 127 Å². The van der Waals surface area contributed by atoms with Gasteiger partial charge in [-0.2, -0.15) is 0 Å². The molecule has 0 saturated carbocycles. The number of carbonyl (C=O) groups excluding carboxylic acids is 2. The Morgan fingerprint density at radius 1 is 0.689 bits per heavy atom. The van der Waals surface area contributed by atoms with Crippen LogP contribution in [0, 0.1) is 6.92 Å². The Kier molecular flexibility index (Phi) is 8.83. The summed E-state index contributed by atoms with van der Waals surface area (Å²) in [7, 11) is -3.78. The molecule has 9 heteroatoms. The number of pyridine rings is 2. The zero-order chi connectivity index (χ0) is 30.7. The summed E-state index contributed by atoms with van der Waals surface area (Å²) in [5.74, 6) is 0. The molecule has 4 aromatic heterocycles. The van der Waals surface area contributed by atoms with Crippen molar-refractivity contribution in [3.63, 3.8) is 0 Å². The van der Waals surface area contributed by atoms with Crippen molar-refractivity contribution >= 4 is 44.7 Å². The number of nitrogens with zero attached hydrogens (tertiary/aromatic N) is 3. The predicted octanol–water partition coefficient (Wildman–Crippen LogP) is 7.74. The molecule has 45 heavy (non-hydrogen) atoms. The summed E-state index contributed by atoms with van der Waals surface area (Å²) in [6.07, 6.45) is 8.48. The van der Waals surface area contributed by atoms with Gasteiger partial charge in [-0.15, -0.1) is 0 Å². The quantitative estimate of drug-likeness (QED) is 0.192. The number of aromatic nitrogens is 4. The maximum atomic E-state index is 13.2. The number of fused-ring (bicyclic) bond motifs is 2. The summed E-state index contributed by atoms with van der Waals surface area (Å²) >= 11 is 0. The number of carbonyl (C=O) groups is 2. The molecule has 0 fully saturated rings. The van der Waals surface area contributed by atoms with Gasteiger partial charge in [-0.05, 0) is 54.4 Å². The smallest absolute Gasteiger partial charge is 0.269 e. The standard InChI is InChI=1S/C21H16N2O3S.C14H10N2O.CH4/c1-15-4-10-18(11-5-15)27(25,26)23-13-20(19-3-2-12-22-21(19)23)17-8-6-16(14-24)7-9-17;17-9-10-3-5-11(6-4-10)13-8-16-14-12(13)2-1-7-15-14;/h2-14H,1H3;1-9H,(H,15,16);1H4. The Labute approximate surface area is 261 Å². The maximum absolute atomic E-state index is 13.2. The van der Waals surface area contributed by atoms with Crippen molar-refractivity contribution in [1.29, 1.82) is 0 Å². The van der Waals surface area contributed by atoms with E-state index >= 15 is 0 Å². The van der Waals surface area contributed by atoms with E-state index in [1.807, 2.05) is 55.6 Å². The summed E-state index contributed by atoms with van der Waals surface area (Å²) in [5.41, 5.74) is 7.22. The van der Waals surface area contributed by atoms with Gasteiger partial charge in [-0.25, -0.2) is 22.4 Å². The number of H-pyrrole nitrogens is 1. The zero-order valence-electron chi connectivity index (χ0n) is 23.6. The van der Waals surface area contributed by atoms with Gasteiger partial charge >= 0.3 is 0 Å². The Hall–Kier alpha value is -5.67. The molecule has 3 aromatic carbocycles. The van der Waals surface area contributed by atoms with Crippen molar-refractivity contribution in [2.45, 2.75) is 19.2 Å². The fraction of sp³-hybridized carbons (Fsp3) is 0.0556. The number of aldehydes is 2. The molecular weight excluding hydrogens is 584 g/mol. The molecule has 4 heterocycles. The lowest BCUT2D eigenvalue weighted by molar-refractivity contribution is 0.111. The number of aromatic amines is 1. The van der Waals surface area contributed by atoms with Crippen molar-refractivity contribution in [2.75, 3.05) is 0 Å². The summed E-state index contributed by atoms with van der Waals surface area (Å²) in [5, 5.41) is 1.82. The van der Waals surface area contributed by atoms with Gasteiger partial charge in [-0.1, -0.05) is 73.7 Å². The van der Waals surface area contributed by atoms with E-state index in [0.717, 1.165) is 56.8 Å². The molecule has 8 nitrogen and oxygen atoms in total. The summed E-state index contributed by atoms with van der Waals surface area (Å²) < 4.78 is 27.6. The first-order valence-electron chi connectivity index (χ1n) is 13.7. The topological polar surface area (TPSA) is 115 Å². The Morgan fingerprint density at radius 2 is 1.24 bits per heavy atom. The average molecular weight is 615 g/mol. The van der Waals surface area contributed by atoms with E-state index in [1.165, 1.54) is 3.97 Å². The highest BCUT2D eigenvalue weighted by Gasteiger charge is 2.22. The Balaban J connectivity index is 0.000000192. The van der Waals surface area contributed by atoms with Gasteiger partial charge in [0, 0.05) is 57.8 Å². The molecule has 7 rings (SSSR count). The molecule has 224 valence electrons. The van der Waals surface area contributed by atoms with E-state index in [0.29, 0.717) is 16.8 Å². The molecule has 1 N–H and O–H groups in total. The molecular formula is C36H30N4O4S. The second-order valence-electron chi connectivity index (χ2n) is 10.1. The minimum atomic E-state index is -3.78. The average Bonchev–Trinajstić information content (AvgIpc) is 3.68. The van der Waals surface area contributed by atoms with Gasteiger partial charge in [0.2, 0.25) is 0 Å². The molecule has 0 bridgehead atoms. The Bertz CT molecular complexity index is 2220. The van der Waals surface area contributed by atoms with Crippen molar-refractivity contribution in [1.82, 2.24) is 18.9 Å². The zero-order valence-corrected chi connectivity index (χ0v) is 24.4. The van der Waals surface area contributed by atoms with Gasteiger partial charge in [0.25, 0.3) is 10.0 Å². The van der Waals surface area contributed by atoms with Gasteiger partial charge < -0.3 is 4.98 Å². The van der Waals surface area contributed by atoms with E-state index in [2.05, 4.69) is 15.0 Å². The van der Waals surface area contributed by atoms with E-state index < -0.39 is 10.0 Å². The molecule has 0 saturated heterocycles. The second-order valence-corrected chi connectivity index (χ2v) is 11.9. The number of nitrogens with one attached hydrogen (secondary N) is 1. The van der Waals surface area contributed by atoms with Crippen LogP contribution < -0.4 is 0 Å². The molecule has 0 aliphatic rings. The minimum absolute atomic E-state index is 0. The van der Waals surface area contributed by atoms with Crippen LogP contribution in [-0.2, 0) is 10.0 Å². The molecule has 0 unspecified atom stereocenters. The van der Waals surface area contributed by atoms with Crippen LogP contribution in [0.25, 0.3) is 44.3 Å². The number of rotatable bonds is 6. The van der Waals surface area contributed by atoms with Crippen molar-refractivity contribution in [3.05, 3.63) is 139 Å². The largest absolute Gasteiger partial charge is 0.346 e. The highest BCUT2D eigenvalue weighted by Crippen LogP contribution is 2.32. The third-order valence-corrected chi connectivity index (χ3v) is 8.94. The van der Waals surface area contributed by atoms with Crippen LogP contribution in [-0.4, -0.2) is 39.9 Å². The van der Waals surface area contributed by atoms with Crippen LogP contribution in [0.2, 0.25) is 0 Å². The highest BCUT2D eigenvalue weighted by molar-refractivity contribution is 7.90. The van der Waals surface area contributed by atoms with E-state index in [1.54, 1.807) is 73.2 Å². The van der Waals surface area contributed by atoms with Crippen LogP contribution in [0.5, 0.6) is 0 Å². The lowest BCUT2D eigenvalue weighted by Gasteiger charge is -2.07. The van der Waals surface area contributed by atoms with Gasteiger partial charge in [0.1, 0.15) is 18.2 Å². The minimum Gasteiger partial charge on any atom is -0.346 e. The highest BCUT2D eigenvalue weighted by atomic mass is 32.2. The van der Waals surface area contributed by atoms with E-state index in [9.17, 15) is 18.0 Å². The third-order valence-electron chi connectivity index (χ3n) is 7.28. The SMILES string of the molecule is C.Cc1ccc(S(=O)(=O)n2cc(-c3ccc(C=O)cc3)c3cccnc32)cc1.O=Cc1ccc(-c2c[nH]c3ncccc23)cc1. The Morgan fingerprint density at radius 3 is 1.84 bits per heavy atom. The van der Waals surface area contributed by atoms with Crippen LogP contribution >= 0.6 is 0 Å². The molecule has 7 aromatic rings. The number of hydrogen-bond acceptors (Lipinski definition) is 6. The van der Waals surface area contributed by atoms with Gasteiger partial charge in [0.15, 0.2) is 5.65 Å². The summed E-state index contributed by atoms with van der Waals surface area (Å²) in [6.45, 7) is 1.91. The van der Waals surface area contributed by atoms with Gasteiger partial charge in [0.05, 0.1) is 4.90 Å². The predicted molar refractivity (Wildman–Crippen MR) is 178 cm³/mol. The van der Waals surface area contributed by atoms with Crippen molar-refractivity contribution in [2.24, 2.45) is 0 Å². The van der Waals surface area contributed by atoms with Crippen LogP contribution in [0.4, 0.5) is 0 Å². The molecule has 0 aliphatic heterocycles. The first-order valence-corrected chi connectivity index (χ1v) is 15.1. The lowest BCUT2D eigenvalue weighted by Crippen LogP contribution is -2.12. The van der Waals surface area contributed by atoms with Crippen LogP contribution in [0.1, 0.15) is 33.7 Å². The number of benzene rings is 3. The fourth-order valence-electron chi connectivity index (χ4n) is 4.95. The van der Waals surface area contributed by atoms with Crippen molar-refractivity contribution < 1.29 is 18.0 Å². The molecule has 0 atom stereocenters. The first kappa shape index (κ1) is 30.8. The van der Waals surface area contributed by atoms with E-state index in [-0.39, 0.29) is 12.3 Å². The fourth-order valence-corrected chi connectivity index (χ4v) is 6.27. The molecule has 0 aliphatic carbocycles. The summed E-state index contributed by atoms with van der Waals surface area (Å²) in [6, 6.07) is 28.8. The first-order chi connectivity index (χ1) is 21.4. The van der Waals surface area contributed by atoms with Gasteiger partial charge in [-0.3, -0.25) is 9.59 Å². The number of aryl methyl sites for hydroxylation is 1. The molecule has 0 amide bonds. The van der Waals surface area contributed by atoms with Crippen molar-refractivity contribution in [3.8, 4) is 22.3 Å². The second kappa shape index (κ2) is 12.9.